The van der Waals surface area contributed by atoms with E-state index in [-0.39, 0.29) is 6.79 Å². The predicted octanol–water partition coefficient (Wildman–Crippen LogP) is 3.49. The lowest BCUT2D eigenvalue weighted by Crippen LogP contribution is -1.93. The normalized spacial score (nSPS) is 12.8. The van der Waals surface area contributed by atoms with Gasteiger partial charge in [-0.3, -0.25) is 0 Å². The van der Waals surface area contributed by atoms with E-state index in [4.69, 9.17) is 32.7 Å². The average Bonchev–Trinajstić information content (AvgIpc) is 2.74. The Bertz CT molecular complexity index is 608. The van der Waals surface area contributed by atoms with Crippen LogP contribution in [0.1, 0.15) is 5.82 Å². The summed E-state index contributed by atoms with van der Waals surface area (Å²) in [6.07, 6.45) is 0. The Hall–Kier alpha value is -1.52. The summed E-state index contributed by atoms with van der Waals surface area (Å²) in [6, 6.07) is 5.47. The van der Waals surface area contributed by atoms with Gasteiger partial charge in [0.25, 0.3) is 0 Å². The fraction of sp³-hybridized carbons (Fsp3) is 0.167. The number of ether oxygens (including phenoxy) is 2. The Labute approximate surface area is 113 Å². The van der Waals surface area contributed by atoms with Crippen LogP contribution in [0.25, 0.3) is 11.1 Å². The largest absolute Gasteiger partial charge is 0.454 e. The van der Waals surface area contributed by atoms with E-state index in [0.717, 1.165) is 5.56 Å². The first-order valence-corrected chi connectivity index (χ1v) is 6.00. The average molecular weight is 283 g/mol. The molecule has 0 bridgehead atoms. The van der Waals surface area contributed by atoms with Crippen molar-refractivity contribution in [2.45, 2.75) is 6.92 Å². The number of fused-ring (bicyclic) bond motifs is 1. The number of hydrogen-bond donors (Lipinski definition) is 0. The zero-order valence-electron chi connectivity index (χ0n) is 9.41. The van der Waals surface area contributed by atoms with Crippen molar-refractivity contribution < 1.29 is 9.47 Å². The maximum absolute atomic E-state index is 6.11. The second-order valence-electron chi connectivity index (χ2n) is 3.80. The molecule has 1 aromatic carbocycles. The van der Waals surface area contributed by atoms with Gasteiger partial charge >= 0.3 is 0 Å². The first-order valence-electron chi connectivity index (χ1n) is 5.25. The molecule has 18 heavy (non-hydrogen) atoms. The second kappa shape index (κ2) is 4.30. The minimum atomic E-state index is 0.227. The number of rotatable bonds is 1. The highest BCUT2D eigenvalue weighted by molar-refractivity contribution is 6.37. The maximum atomic E-state index is 6.11. The van der Waals surface area contributed by atoms with Crippen LogP contribution in [0.3, 0.4) is 0 Å². The number of aromatic nitrogens is 2. The van der Waals surface area contributed by atoms with Crippen LogP contribution in [0.4, 0.5) is 0 Å². The Kier molecular flexibility index (Phi) is 2.76. The highest BCUT2D eigenvalue weighted by Crippen LogP contribution is 2.39. The minimum absolute atomic E-state index is 0.227. The van der Waals surface area contributed by atoms with Crippen LogP contribution in [0.2, 0.25) is 10.3 Å². The first-order chi connectivity index (χ1) is 8.65. The molecule has 1 aromatic heterocycles. The van der Waals surface area contributed by atoms with Gasteiger partial charge in [-0.05, 0) is 24.6 Å². The summed E-state index contributed by atoms with van der Waals surface area (Å²) in [5, 5.41) is 0.651. The van der Waals surface area contributed by atoms with E-state index in [1.807, 2.05) is 18.2 Å². The molecule has 0 atom stereocenters. The molecule has 0 N–H and O–H groups in total. The third-order valence-electron chi connectivity index (χ3n) is 2.59. The zero-order valence-corrected chi connectivity index (χ0v) is 10.9. The summed E-state index contributed by atoms with van der Waals surface area (Å²) in [4.78, 5) is 8.20. The molecule has 0 unspecified atom stereocenters. The summed E-state index contributed by atoms with van der Waals surface area (Å²) in [5.74, 6) is 1.91. The van der Waals surface area contributed by atoms with Crippen LogP contribution < -0.4 is 9.47 Å². The van der Waals surface area contributed by atoms with Crippen LogP contribution in [-0.4, -0.2) is 16.8 Å². The Morgan fingerprint density at radius 1 is 1.06 bits per heavy atom. The third-order valence-corrected chi connectivity index (χ3v) is 3.14. The third kappa shape index (κ3) is 1.87. The number of aryl methyl sites for hydroxylation is 1. The molecule has 6 heteroatoms. The molecule has 0 saturated carbocycles. The van der Waals surface area contributed by atoms with Gasteiger partial charge in [0.1, 0.15) is 16.1 Å². The molecule has 1 aliphatic heterocycles. The molecule has 2 aromatic rings. The van der Waals surface area contributed by atoms with Crippen molar-refractivity contribution in [2.24, 2.45) is 0 Å². The standard InChI is InChI=1S/C12H8Cl2N2O2/c1-6-15-11(13)10(12(14)16-6)7-2-3-8-9(4-7)18-5-17-8/h2-4H,5H2,1H3. The van der Waals surface area contributed by atoms with Gasteiger partial charge < -0.3 is 9.47 Å². The Morgan fingerprint density at radius 2 is 1.72 bits per heavy atom. The maximum Gasteiger partial charge on any atom is 0.231 e. The molecule has 0 amide bonds. The van der Waals surface area contributed by atoms with Crippen LogP contribution in [0, 0.1) is 6.92 Å². The molecule has 0 fully saturated rings. The van der Waals surface area contributed by atoms with Crippen molar-refractivity contribution in [2.75, 3.05) is 6.79 Å². The number of halogens is 2. The van der Waals surface area contributed by atoms with Crippen LogP contribution >= 0.6 is 23.2 Å². The molecule has 0 saturated heterocycles. The highest BCUT2D eigenvalue weighted by Gasteiger charge is 2.18. The first kappa shape index (κ1) is 11.6. The van der Waals surface area contributed by atoms with Gasteiger partial charge in [0.05, 0.1) is 5.56 Å². The van der Waals surface area contributed by atoms with E-state index in [1.165, 1.54) is 0 Å². The molecule has 0 spiro atoms. The van der Waals surface area contributed by atoms with Gasteiger partial charge in [0.2, 0.25) is 6.79 Å². The predicted molar refractivity (Wildman–Crippen MR) is 68.3 cm³/mol. The topological polar surface area (TPSA) is 44.2 Å². The fourth-order valence-electron chi connectivity index (χ4n) is 1.80. The van der Waals surface area contributed by atoms with Crippen molar-refractivity contribution in [1.29, 1.82) is 0 Å². The lowest BCUT2D eigenvalue weighted by Gasteiger charge is -2.07. The monoisotopic (exact) mass is 282 g/mol. The number of benzene rings is 1. The minimum Gasteiger partial charge on any atom is -0.454 e. The van der Waals surface area contributed by atoms with Crippen molar-refractivity contribution in [3.05, 3.63) is 34.3 Å². The van der Waals surface area contributed by atoms with E-state index in [2.05, 4.69) is 9.97 Å². The summed E-state index contributed by atoms with van der Waals surface area (Å²) < 4.78 is 10.6. The second-order valence-corrected chi connectivity index (χ2v) is 4.51. The molecule has 0 aliphatic carbocycles. The molecule has 1 aliphatic rings. The quantitative estimate of drug-likeness (QED) is 0.751. The fourth-order valence-corrected chi connectivity index (χ4v) is 2.49. The van der Waals surface area contributed by atoms with Crippen molar-refractivity contribution in [3.8, 4) is 22.6 Å². The van der Waals surface area contributed by atoms with E-state index < -0.39 is 0 Å². The highest BCUT2D eigenvalue weighted by atomic mass is 35.5. The summed E-state index contributed by atoms with van der Waals surface area (Å²) in [7, 11) is 0. The SMILES string of the molecule is Cc1nc(Cl)c(-c2ccc3c(c2)OCO3)c(Cl)n1. The smallest absolute Gasteiger partial charge is 0.231 e. The molecule has 4 nitrogen and oxygen atoms in total. The molecule has 3 rings (SSSR count). The van der Waals surface area contributed by atoms with Crippen LogP contribution in [-0.2, 0) is 0 Å². The molecule has 2 heterocycles. The van der Waals surface area contributed by atoms with Gasteiger partial charge in [0, 0.05) is 0 Å². The van der Waals surface area contributed by atoms with Gasteiger partial charge in [-0.1, -0.05) is 29.3 Å². The molecular weight excluding hydrogens is 275 g/mol. The van der Waals surface area contributed by atoms with E-state index in [1.54, 1.807) is 6.92 Å². The van der Waals surface area contributed by atoms with Crippen molar-refractivity contribution in [3.63, 3.8) is 0 Å². The lowest BCUT2D eigenvalue weighted by molar-refractivity contribution is 0.174. The van der Waals surface area contributed by atoms with Gasteiger partial charge in [-0.15, -0.1) is 0 Å². The molecular formula is C12H8Cl2N2O2. The van der Waals surface area contributed by atoms with E-state index in [0.29, 0.717) is 33.2 Å². The summed E-state index contributed by atoms with van der Waals surface area (Å²) >= 11 is 12.2. The Balaban J connectivity index is 2.16. The molecule has 92 valence electrons. The summed E-state index contributed by atoms with van der Waals surface area (Å²) in [5.41, 5.74) is 1.40. The molecule has 0 radical (unpaired) electrons. The van der Waals surface area contributed by atoms with E-state index >= 15 is 0 Å². The van der Waals surface area contributed by atoms with Gasteiger partial charge in [0.15, 0.2) is 11.5 Å². The van der Waals surface area contributed by atoms with Crippen LogP contribution in [0.15, 0.2) is 18.2 Å². The lowest BCUT2D eigenvalue weighted by atomic mass is 10.1. The van der Waals surface area contributed by atoms with Gasteiger partial charge in [-0.25, -0.2) is 9.97 Å². The summed E-state index contributed by atoms with van der Waals surface area (Å²) in [6.45, 7) is 1.96. The van der Waals surface area contributed by atoms with Crippen molar-refractivity contribution in [1.82, 2.24) is 9.97 Å². The zero-order chi connectivity index (χ0) is 12.7. The van der Waals surface area contributed by atoms with Crippen LogP contribution in [0.5, 0.6) is 11.5 Å². The Morgan fingerprint density at radius 3 is 2.44 bits per heavy atom. The van der Waals surface area contributed by atoms with E-state index in [9.17, 15) is 0 Å². The van der Waals surface area contributed by atoms with Crippen molar-refractivity contribution >= 4 is 23.2 Å². The number of hydrogen-bond acceptors (Lipinski definition) is 4. The van der Waals surface area contributed by atoms with Gasteiger partial charge in [-0.2, -0.15) is 0 Å². The number of nitrogens with zero attached hydrogens (tertiary/aromatic N) is 2.